The van der Waals surface area contributed by atoms with Crippen molar-refractivity contribution < 1.29 is 14.7 Å². The molecule has 0 aliphatic carbocycles. The molecule has 5 heteroatoms. The number of aliphatic carboxylic acids is 1. The van der Waals surface area contributed by atoms with Crippen LogP contribution in [0, 0.1) is 0 Å². The molecule has 0 bridgehead atoms. The van der Waals surface area contributed by atoms with Crippen molar-refractivity contribution in [2.45, 2.75) is 19.0 Å². The molecule has 1 aromatic carbocycles. The normalized spacial score (nSPS) is 18.6. The van der Waals surface area contributed by atoms with Crippen molar-refractivity contribution in [3.63, 3.8) is 0 Å². The van der Waals surface area contributed by atoms with E-state index in [0.717, 1.165) is 11.1 Å². The quantitative estimate of drug-likeness (QED) is 0.753. The number of hydrogen-bond acceptors (Lipinski definition) is 3. The molecule has 90 valence electrons. The first-order valence-electron chi connectivity index (χ1n) is 5.42. The SMILES string of the molecule is NCC(=O)N1Cc2ccccc2C[C@@H]1C(=O)O. The van der Waals surface area contributed by atoms with Crippen molar-refractivity contribution in [3.8, 4) is 0 Å². The molecule has 17 heavy (non-hydrogen) atoms. The van der Waals surface area contributed by atoms with Gasteiger partial charge in [-0.3, -0.25) is 4.79 Å². The Bertz CT molecular complexity index is 459. The Morgan fingerprint density at radius 1 is 1.35 bits per heavy atom. The highest BCUT2D eigenvalue weighted by Gasteiger charge is 2.33. The van der Waals surface area contributed by atoms with E-state index < -0.39 is 12.0 Å². The van der Waals surface area contributed by atoms with Crippen LogP contribution in [0.3, 0.4) is 0 Å². The van der Waals surface area contributed by atoms with Crippen LogP contribution in [0.4, 0.5) is 0 Å². The molecule has 1 heterocycles. The summed E-state index contributed by atoms with van der Waals surface area (Å²) in [5.41, 5.74) is 7.28. The molecule has 5 nitrogen and oxygen atoms in total. The van der Waals surface area contributed by atoms with E-state index in [0.29, 0.717) is 13.0 Å². The van der Waals surface area contributed by atoms with Crippen LogP contribution in [-0.2, 0) is 22.6 Å². The Balaban J connectivity index is 2.34. The van der Waals surface area contributed by atoms with Crippen LogP contribution in [0.2, 0.25) is 0 Å². The van der Waals surface area contributed by atoms with Crippen LogP contribution >= 0.6 is 0 Å². The van der Waals surface area contributed by atoms with Gasteiger partial charge in [0.2, 0.25) is 5.91 Å². The Morgan fingerprint density at radius 3 is 2.59 bits per heavy atom. The highest BCUT2D eigenvalue weighted by molar-refractivity contribution is 5.85. The summed E-state index contributed by atoms with van der Waals surface area (Å²) < 4.78 is 0. The predicted molar refractivity (Wildman–Crippen MR) is 61.2 cm³/mol. The average Bonchev–Trinajstić information content (AvgIpc) is 2.36. The van der Waals surface area contributed by atoms with Crippen molar-refractivity contribution in [2.75, 3.05) is 6.54 Å². The van der Waals surface area contributed by atoms with Gasteiger partial charge in [0.1, 0.15) is 6.04 Å². The molecular weight excluding hydrogens is 220 g/mol. The molecule has 0 unspecified atom stereocenters. The van der Waals surface area contributed by atoms with Crippen LogP contribution in [0.1, 0.15) is 11.1 Å². The Kier molecular flexibility index (Phi) is 3.10. The molecule has 0 aromatic heterocycles. The molecule has 0 radical (unpaired) electrons. The number of fused-ring (bicyclic) bond motifs is 1. The number of carboxylic acids is 1. The zero-order valence-electron chi connectivity index (χ0n) is 9.30. The molecule has 0 saturated carbocycles. The summed E-state index contributed by atoms with van der Waals surface area (Å²) in [5, 5.41) is 9.14. The summed E-state index contributed by atoms with van der Waals surface area (Å²) in [6.07, 6.45) is 0.344. The number of benzene rings is 1. The van der Waals surface area contributed by atoms with Crippen molar-refractivity contribution >= 4 is 11.9 Å². The zero-order chi connectivity index (χ0) is 12.4. The van der Waals surface area contributed by atoms with Gasteiger partial charge in [0, 0.05) is 13.0 Å². The summed E-state index contributed by atoms with van der Waals surface area (Å²) in [4.78, 5) is 24.1. The van der Waals surface area contributed by atoms with E-state index in [-0.39, 0.29) is 12.5 Å². The summed E-state index contributed by atoms with van der Waals surface area (Å²) in [6.45, 7) is 0.162. The number of carbonyl (C=O) groups excluding carboxylic acids is 1. The van der Waals surface area contributed by atoms with Crippen LogP contribution < -0.4 is 5.73 Å². The van der Waals surface area contributed by atoms with Gasteiger partial charge in [0.25, 0.3) is 0 Å². The summed E-state index contributed by atoms with van der Waals surface area (Å²) in [7, 11) is 0. The fraction of sp³-hybridized carbons (Fsp3) is 0.333. The van der Waals surface area contributed by atoms with Gasteiger partial charge in [0.15, 0.2) is 0 Å². The van der Waals surface area contributed by atoms with Crippen molar-refractivity contribution in [3.05, 3.63) is 35.4 Å². The Hall–Kier alpha value is -1.88. The van der Waals surface area contributed by atoms with Crippen molar-refractivity contribution in [1.82, 2.24) is 4.90 Å². The molecular formula is C12H14N2O3. The molecule has 1 aromatic rings. The monoisotopic (exact) mass is 234 g/mol. The number of carbonyl (C=O) groups is 2. The maximum absolute atomic E-state index is 11.6. The first-order valence-corrected chi connectivity index (χ1v) is 5.42. The van der Waals surface area contributed by atoms with Gasteiger partial charge in [-0.15, -0.1) is 0 Å². The van der Waals surface area contributed by atoms with E-state index in [1.165, 1.54) is 4.90 Å². The highest BCUT2D eigenvalue weighted by atomic mass is 16.4. The van der Waals surface area contributed by atoms with E-state index in [1.807, 2.05) is 24.3 Å². The first kappa shape index (κ1) is 11.6. The fourth-order valence-electron chi connectivity index (χ4n) is 2.12. The number of hydrogen-bond donors (Lipinski definition) is 2. The van der Waals surface area contributed by atoms with Gasteiger partial charge in [-0.05, 0) is 11.1 Å². The predicted octanol–water partition coefficient (Wildman–Crippen LogP) is -0.0168. The van der Waals surface area contributed by atoms with Gasteiger partial charge in [0.05, 0.1) is 6.54 Å². The average molecular weight is 234 g/mol. The van der Waals surface area contributed by atoms with Gasteiger partial charge < -0.3 is 15.7 Å². The maximum atomic E-state index is 11.6. The molecule has 1 aliphatic heterocycles. The third-order valence-corrected chi connectivity index (χ3v) is 3.03. The molecule has 0 fully saturated rings. The number of carboxylic acid groups (broad SMARTS) is 1. The topological polar surface area (TPSA) is 83.6 Å². The molecule has 2 rings (SSSR count). The second kappa shape index (κ2) is 4.55. The van der Waals surface area contributed by atoms with Crippen molar-refractivity contribution in [2.24, 2.45) is 5.73 Å². The second-order valence-electron chi connectivity index (χ2n) is 4.05. The van der Waals surface area contributed by atoms with Crippen LogP contribution in [0.15, 0.2) is 24.3 Å². The lowest BCUT2D eigenvalue weighted by molar-refractivity contribution is -0.150. The summed E-state index contributed by atoms with van der Waals surface area (Å²) in [6, 6.07) is 6.75. The molecule has 0 spiro atoms. The minimum absolute atomic E-state index is 0.161. The van der Waals surface area contributed by atoms with Crippen molar-refractivity contribution in [1.29, 1.82) is 0 Å². The first-order chi connectivity index (χ1) is 8.13. The zero-order valence-corrected chi connectivity index (χ0v) is 9.30. The minimum atomic E-state index is -0.985. The lowest BCUT2D eigenvalue weighted by Crippen LogP contribution is -2.50. The van der Waals surface area contributed by atoms with Crippen LogP contribution in [0.5, 0.6) is 0 Å². The van der Waals surface area contributed by atoms with E-state index in [4.69, 9.17) is 10.8 Å². The Labute approximate surface area is 98.8 Å². The lowest BCUT2D eigenvalue weighted by atomic mass is 9.94. The third kappa shape index (κ3) is 2.14. The molecule has 1 aliphatic rings. The number of nitrogens with two attached hydrogens (primary N) is 1. The number of rotatable bonds is 2. The molecule has 0 saturated heterocycles. The molecule has 3 N–H and O–H groups in total. The van der Waals surface area contributed by atoms with Crippen LogP contribution in [0.25, 0.3) is 0 Å². The van der Waals surface area contributed by atoms with E-state index in [9.17, 15) is 9.59 Å². The largest absolute Gasteiger partial charge is 0.480 e. The minimum Gasteiger partial charge on any atom is -0.480 e. The Morgan fingerprint density at radius 2 is 2.00 bits per heavy atom. The highest BCUT2D eigenvalue weighted by Crippen LogP contribution is 2.23. The molecule has 1 amide bonds. The van der Waals surface area contributed by atoms with E-state index in [2.05, 4.69) is 0 Å². The third-order valence-electron chi connectivity index (χ3n) is 3.03. The van der Waals surface area contributed by atoms with Gasteiger partial charge in [-0.2, -0.15) is 0 Å². The number of amides is 1. The number of nitrogens with zero attached hydrogens (tertiary/aromatic N) is 1. The summed E-state index contributed by atoms with van der Waals surface area (Å²) in [5.74, 6) is -1.31. The maximum Gasteiger partial charge on any atom is 0.326 e. The molecule has 1 atom stereocenters. The standard InChI is InChI=1S/C12H14N2O3/c13-6-11(15)14-7-9-4-2-1-3-8(9)5-10(14)12(16)17/h1-4,10H,5-7,13H2,(H,16,17)/t10-/m1/s1. The fourth-order valence-corrected chi connectivity index (χ4v) is 2.12. The van der Waals surface area contributed by atoms with E-state index in [1.54, 1.807) is 0 Å². The van der Waals surface area contributed by atoms with Gasteiger partial charge >= 0.3 is 5.97 Å². The smallest absolute Gasteiger partial charge is 0.326 e. The second-order valence-corrected chi connectivity index (χ2v) is 4.05. The lowest BCUT2D eigenvalue weighted by Gasteiger charge is -2.34. The van der Waals surface area contributed by atoms with Gasteiger partial charge in [-0.1, -0.05) is 24.3 Å². The van der Waals surface area contributed by atoms with Gasteiger partial charge in [-0.25, -0.2) is 4.79 Å². The van der Waals surface area contributed by atoms with Crippen LogP contribution in [-0.4, -0.2) is 34.5 Å². The van der Waals surface area contributed by atoms with E-state index >= 15 is 0 Å². The summed E-state index contributed by atoms with van der Waals surface area (Å²) >= 11 is 0.